The van der Waals surface area contributed by atoms with Crippen molar-refractivity contribution in [3.05, 3.63) is 79.1 Å². The number of carbonyl (C=O) groups is 1. The third kappa shape index (κ3) is 6.00. The first kappa shape index (κ1) is 23.0. The molecule has 1 amide bonds. The van der Waals surface area contributed by atoms with Gasteiger partial charge in [0.1, 0.15) is 27.5 Å². The summed E-state index contributed by atoms with van der Waals surface area (Å²) in [5.41, 5.74) is -1.01. The van der Waals surface area contributed by atoms with Gasteiger partial charge < -0.3 is 9.52 Å². The van der Waals surface area contributed by atoms with E-state index in [2.05, 4.69) is 4.72 Å². The molecule has 2 rings (SSSR count). The second-order valence-corrected chi connectivity index (χ2v) is 6.95. The first-order valence-corrected chi connectivity index (χ1v) is 8.65. The normalized spacial score (nSPS) is 11.3. The summed E-state index contributed by atoms with van der Waals surface area (Å²) in [4.78, 5) is 11.9. The number of rotatable bonds is 4. The van der Waals surface area contributed by atoms with Crippen LogP contribution in [0, 0.1) is 17.5 Å². The second-order valence-electron chi connectivity index (χ2n) is 4.62. The fourth-order valence-corrected chi connectivity index (χ4v) is 2.91. The van der Waals surface area contributed by atoms with Gasteiger partial charge in [0, 0.05) is 33.7 Å². The van der Waals surface area contributed by atoms with Crippen molar-refractivity contribution in [2.75, 3.05) is 0 Å². The Morgan fingerprint density at radius 1 is 1.04 bits per heavy atom. The number of nitrogens with zero attached hydrogens (tertiary/aromatic N) is 1. The molecule has 0 aliphatic rings. The maximum absolute atomic E-state index is 13.5. The van der Waals surface area contributed by atoms with Crippen LogP contribution in [0.25, 0.3) is 10.8 Å². The van der Waals surface area contributed by atoms with E-state index in [0.717, 1.165) is 0 Å². The van der Waals surface area contributed by atoms with Crippen molar-refractivity contribution in [1.82, 2.24) is 0 Å². The summed E-state index contributed by atoms with van der Waals surface area (Å²) in [5.74, 6) is -4.97. The summed E-state index contributed by atoms with van der Waals surface area (Å²) in [6.45, 7) is 0. The van der Waals surface area contributed by atoms with Crippen LogP contribution in [0.2, 0.25) is 10.0 Å². The van der Waals surface area contributed by atoms with Crippen molar-refractivity contribution in [1.29, 1.82) is 0 Å². The largest absolute Gasteiger partial charge is 1.00 e. The predicted octanol–water partition coefficient (Wildman–Crippen LogP) is 1.93. The fourth-order valence-electron chi connectivity index (χ4n) is 1.72. The van der Waals surface area contributed by atoms with Crippen LogP contribution in [0.3, 0.4) is 0 Å². The van der Waals surface area contributed by atoms with Gasteiger partial charge in [-0.05, 0) is 24.3 Å². The van der Waals surface area contributed by atoms with Gasteiger partial charge in [0.2, 0.25) is 0 Å². The third-order valence-electron chi connectivity index (χ3n) is 2.82. The Labute approximate surface area is 179 Å². The molecule has 0 aliphatic carbocycles. The molecule has 0 atom stereocenters. The standard InChI is InChI=1S/C15H8Cl2F3NO3S.Na/c16-8-1-2-10(12(17)5-8)15(22)21-25(23,24)4-3-11-13(19)6-9(18)7-14(11)20;/h1-7H,(H,21,22);/q;+1/p-1/b4-3+;. The van der Waals surface area contributed by atoms with Crippen LogP contribution in [0.5, 0.6) is 0 Å². The summed E-state index contributed by atoms with van der Waals surface area (Å²) >= 11 is 11.4. The van der Waals surface area contributed by atoms with Gasteiger partial charge in [-0.15, -0.1) is 0 Å². The molecule has 0 bridgehead atoms. The molecule has 2 aromatic rings. The summed E-state index contributed by atoms with van der Waals surface area (Å²) in [6.07, 6.45) is 0.527. The van der Waals surface area contributed by atoms with Gasteiger partial charge in [-0.25, -0.2) is 21.6 Å². The van der Waals surface area contributed by atoms with E-state index in [1.165, 1.54) is 18.2 Å². The van der Waals surface area contributed by atoms with Gasteiger partial charge in [-0.2, -0.15) is 0 Å². The molecule has 0 N–H and O–H groups in total. The molecule has 0 fully saturated rings. The monoisotopic (exact) mass is 431 g/mol. The van der Waals surface area contributed by atoms with E-state index in [-0.39, 0.29) is 45.2 Å². The molecule has 26 heavy (non-hydrogen) atoms. The van der Waals surface area contributed by atoms with E-state index >= 15 is 0 Å². The zero-order valence-corrected chi connectivity index (χ0v) is 17.3. The molecule has 0 spiro atoms. The summed E-state index contributed by atoms with van der Waals surface area (Å²) in [5, 5.41) is 0.427. The third-order valence-corrected chi connectivity index (χ3v) is 4.27. The molecular formula is C15H7Cl2F3NNaO3S. The Bertz CT molecular complexity index is 961. The topological polar surface area (TPSA) is 65.3 Å². The minimum atomic E-state index is -4.52. The van der Waals surface area contributed by atoms with E-state index < -0.39 is 38.9 Å². The molecule has 0 radical (unpaired) electrons. The van der Waals surface area contributed by atoms with E-state index in [0.29, 0.717) is 23.6 Å². The van der Waals surface area contributed by atoms with E-state index in [9.17, 15) is 26.4 Å². The first-order valence-electron chi connectivity index (χ1n) is 6.39. The number of sulfonamides is 1. The van der Waals surface area contributed by atoms with Crippen molar-refractivity contribution >= 4 is 45.2 Å². The Kier molecular flexibility index (Phi) is 8.19. The summed E-state index contributed by atoms with van der Waals surface area (Å²) < 4.78 is 66.3. The van der Waals surface area contributed by atoms with Crippen LogP contribution in [0.15, 0.2) is 35.7 Å². The van der Waals surface area contributed by atoms with Crippen LogP contribution in [-0.4, -0.2) is 14.3 Å². The van der Waals surface area contributed by atoms with Crippen LogP contribution >= 0.6 is 23.2 Å². The fraction of sp³-hybridized carbons (Fsp3) is 0. The van der Waals surface area contributed by atoms with Crippen molar-refractivity contribution in [2.24, 2.45) is 0 Å². The predicted molar refractivity (Wildman–Crippen MR) is 88.4 cm³/mol. The number of halogens is 5. The second kappa shape index (κ2) is 9.25. The minimum Gasteiger partial charge on any atom is -0.538 e. The zero-order valence-electron chi connectivity index (χ0n) is 13.0. The number of benzene rings is 2. The summed E-state index contributed by atoms with van der Waals surface area (Å²) in [6, 6.07) is 4.46. The molecule has 0 aromatic heterocycles. The number of amides is 1. The molecule has 11 heteroatoms. The van der Waals surface area contributed by atoms with Gasteiger partial charge in [0.15, 0.2) is 0 Å². The molecule has 132 valence electrons. The Morgan fingerprint density at radius 3 is 2.15 bits per heavy atom. The Morgan fingerprint density at radius 2 is 1.62 bits per heavy atom. The molecule has 2 aromatic carbocycles. The zero-order chi connectivity index (χ0) is 18.8. The van der Waals surface area contributed by atoms with Crippen molar-refractivity contribution in [2.45, 2.75) is 0 Å². The molecule has 0 saturated carbocycles. The van der Waals surface area contributed by atoms with Gasteiger partial charge >= 0.3 is 29.6 Å². The average molecular weight is 432 g/mol. The smallest absolute Gasteiger partial charge is 0.538 e. The Balaban J connectivity index is 0.00000338. The molecule has 0 aliphatic heterocycles. The maximum atomic E-state index is 13.5. The van der Waals surface area contributed by atoms with Crippen molar-refractivity contribution in [3.8, 4) is 0 Å². The SMILES string of the molecule is O=C([N-]S(=O)(=O)/C=C/c1c(F)cc(F)cc1F)c1ccc(Cl)cc1Cl.[Na+]. The Hall–Kier alpha value is -1.03. The maximum Gasteiger partial charge on any atom is 1.00 e. The first-order chi connectivity index (χ1) is 11.6. The number of carbonyl (C=O) groups excluding carboxylic acids is 1. The van der Waals surface area contributed by atoms with Crippen LogP contribution < -0.4 is 29.6 Å². The van der Waals surface area contributed by atoms with Gasteiger partial charge in [-0.3, -0.25) is 0 Å². The van der Waals surface area contributed by atoms with Gasteiger partial charge in [0.05, 0.1) is 10.9 Å². The number of hydrogen-bond acceptors (Lipinski definition) is 3. The minimum absolute atomic E-state index is 0. The number of hydrogen-bond donors (Lipinski definition) is 0. The average Bonchev–Trinajstić information content (AvgIpc) is 2.44. The molecular weight excluding hydrogens is 425 g/mol. The van der Waals surface area contributed by atoms with Gasteiger partial charge in [0.25, 0.3) is 0 Å². The van der Waals surface area contributed by atoms with E-state index in [1.54, 1.807) is 0 Å². The molecule has 0 heterocycles. The van der Waals surface area contributed by atoms with E-state index in [4.69, 9.17) is 23.2 Å². The molecule has 0 saturated heterocycles. The van der Waals surface area contributed by atoms with Crippen molar-refractivity contribution in [3.63, 3.8) is 0 Å². The van der Waals surface area contributed by atoms with Crippen LogP contribution in [0.4, 0.5) is 13.2 Å². The van der Waals surface area contributed by atoms with Crippen LogP contribution in [0.1, 0.15) is 15.9 Å². The van der Waals surface area contributed by atoms with Crippen LogP contribution in [-0.2, 0) is 10.0 Å². The van der Waals surface area contributed by atoms with E-state index in [1.807, 2.05) is 0 Å². The molecule has 0 unspecified atom stereocenters. The quantitative estimate of drug-likeness (QED) is 0.694. The molecule has 4 nitrogen and oxygen atoms in total. The van der Waals surface area contributed by atoms with Gasteiger partial charge in [-0.1, -0.05) is 23.2 Å². The summed E-state index contributed by atoms with van der Waals surface area (Å²) in [7, 11) is -4.52. The van der Waals surface area contributed by atoms with Crippen molar-refractivity contribution < 1.29 is 55.9 Å².